The highest BCUT2D eigenvalue weighted by Crippen LogP contribution is 2.33. The van der Waals surface area contributed by atoms with Crippen molar-refractivity contribution in [1.29, 1.82) is 0 Å². The summed E-state index contributed by atoms with van der Waals surface area (Å²) in [7, 11) is 0. The fourth-order valence-corrected chi connectivity index (χ4v) is 4.64. The molecule has 0 aliphatic carbocycles. The molecule has 0 spiro atoms. The minimum Gasteiger partial charge on any atom is -0.149 e. The zero-order valence-electron chi connectivity index (χ0n) is 7.24. The lowest BCUT2D eigenvalue weighted by molar-refractivity contribution is 0.955. The van der Waals surface area contributed by atoms with E-state index in [1.54, 1.807) is 22.7 Å². The van der Waals surface area contributed by atoms with E-state index in [4.69, 9.17) is 11.6 Å². The predicted molar refractivity (Wildman–Crippen MR) is 73.7 cm³/mol. The molecule has 0 nitrogen and oxygen atoms in total. The van der Waals surface area contributed by atoms with E-state index in [2.05, 4.69) is 51.6 Å². The van der Waals surface area contributed by atoms with Crippen molar-refractivity contribution in [2.45, 2.75) is 11.8 Å². The summed E-state index contributed by atoms with van der Waals surface area (Å²) in [4.78, 5) is 2.65. The van der Waals surface area contributed by atoms with Crippen LogP contribution < -0.4 is 0 Å². The second-order valence-electron chi connectivity index (χ2n) is 2.88. The molecule has 0 amide bonds. The van der Waals surface area contributed by atoms with Gasteiger partial charge in [-0.3, -0.25) is 0 Å². The van der Waals surface area contributed by atoms with Gasteiger partial charge >= 0.3 is 0 Å². The predicted octanol–water partition coefficient (Wildman–Crippen LogP) is 4.94. The second-order valence-corrected chi connectivity index (χ2v) is 6.55. The third-order valence-corrected chi connectivity index (χ3v) is 5.63. The topological polar surface area (TPSA) is 0 Å². The zero-order chi connectivity index (χ0) is 9.97. The van der Waals surface area contributed by atoms with Crippen molar-refractivity contribution in [3.63, 3.8) is 0 Å². The Labute approximate surface area is 110 Å². The number of thiophene rings is 2. The van der Waals surface area contributed by atoms with Crippen LogP contribution in [0.2, 0.25) is 0 Å². The van der Waals surface area contributed by atoms with Crippen LogP contribution in [0.15, 0.2) is 29.0 Å². The monoisotopic (exact) mass is 354 g/mol. The van der Waals surface area contributed by atoms with Gasteiger partial charge in [-0.1, -0.05) is 6.07 Å². The molecule has 0 saturated heterocycles. The summed E-state index contributed by atoms with van der Waals surface area (Å²) in [6.07, 6.45) is 0.940. The van der Waals surface area contributed by atoms with Crippen molar-refractivity contribution < 1.29 is 0 Å². The van der Waals surface area contributed by atoms with E-state index < -0.39 is 0 Å². The smallest absolute Gasteiger partial charge is 0.0737 e. The van der Waals surface area contributed by atoms with Crippen molar-refractivity contribution in [1.82, 2.24) is 0 Å². The van der Waals surface area contributed by atoms with Crippen molar-refractivity contribution in [3.8, 4) is 0 Å². The molecule has 2 aromatic rings. The average Bonchev–Trinajstić information content (AvgIpc) is 2.75. The molecule has 0 aliphatic rings. The zero-order valence-corrected chi connectivity index (χ0v) is 11.8. The molecule has 1 unspecified atom stereocenters. The van der Waals surface area contributed by atoms with Gasteiger partial charge < -0.3 is 0 Å². The molecular weight excluding hydrogens is 347 g/mol. The fourth-order valence-electron chi connectivity index (χ4n) is 1.23. The van der Waals surface area contributed by atoms with Crippen LogP contribution in [0.4, 0.5) is 0 Å². The van der Waals surface area contributed by atoms with Crippen LogP contribution >= 0.6 is 56.9 Å². The number of alkyl halides is 1. The molecule has 0 aliphatic heterocycles. The normalized spacial score (nSPS) is 13.0. The molecular formula is C10H8ClIS2. The molecule has 0 saturated carbocycles. The van der Waals surface area contributed by atoms with Crippen LogP contribution in [-0.4, -0.2) is 0 Å². The summed E-state index contributed by atoms with van der Waals surface area (Å²) < 4.78 is 1.28. The summed E-state index contributed by atoms with van der Waals surface area (Å²) >= 11 is 12.2. The summed E-state index contributed by atoms with van der Waals surface area (Å²) in [5, 5.41) is 4.32. The van der Waals surface area contributed by atoms with Gasteiger partial charge in [0.05, 0.1) is 5.38 Å². The highest BCUT2D eigenvalue weighted by molar-refractivity contribution is 14.1. The number of hydrogen-bond acceptors (Lipinski definition) is 2. The quantitative estimate of drug-likeness (QED) is 0.541. The van der Waals surface area contributed by atoms with Gasteiger partial charge in [0, 0.05) is 19.7 Å². The SMILES string of the molecule is ClC(Cc1cccs1)c1sccc1I. The van der Waals surface area contributed by atoms with E-state index in [0.29, 0.717) is 0 Å². The molecule has 74 valence electrons. The first-order valence-electron chi connectivity index (χ1n) is 4.16. The minimum atomic E-state index is 0.126. The number of halogens is 2. The maximum Gasteiger partial charge on any atom is 0.0737 e. The molecule has 4 heteroatoms. The van der Waals surface area contributed by atoms with E-state index in [1.807, 2.05) is 0 Å². The highest BCUT2D eigenvalue weighted by atomic mass is 127. The molecule has 2 heterocycles. The van der Waals surface area contributed by atoms with E-state index in [-0.39, 0.29) is 5.38 Å². The van der Waals surface area contributed by atoms with E-state index in [9.17, 15) is 0 Å². The van der Waals surface area contributed by atoms with Crippen LogP contribution in [0.1, 0.15) is 15.1 Å². The summed E-state index contributed by atoms with van der Waals surface area (Å²) in [5.41, 5.74) is 0. The largest absolute Gasteiger partial charge is 0.149 e. The third kappa shape index (κ3) is 2.51. The maximum atomic E-state index is 6.36. The van der Waals surface area contributed by atoms with Crippen molar-refractivity contribution in [3.05, 3.63) is 42.3 Å². The van der Waals surface area contributed by atoms with Gasteiger partial charge in [0.15, 0.2) is 0 Å². The van der Waals surface area contributed by atoms with E-state index in [0.717, 1.165) is 6.42 Å². The standard InChI is InChI=1S/C10H8ClIS2/c11-8(6-7-2-1-4-13-7)10-9(12)3-5-14-10/h1-5,8H,6H2. The number of hydrogen-bond donors (Lipinski definition) is 0. The molecule has 0 aromatic carbocycles. The Balaban J connectivity index is 2.10. The minimum absolute atomic E-state index is 0.126. The van der Waals surface area contributed by atoms with Crippen LogP contribution in [0.25, 0.3) is 0 Å². The van der Waals surface area contributed by atoms with E-state index in [1.165, 1.54) is 13.3 Å². The fraction of sp³-hybridized carbons (Fsp3) is 0.200. The molecule has 0 N–H and O–H groups in total. The Kier molecular flexibility index (Phi) is 3.87. The average molecular weight is 355 g/mol. The maximum absolute atomic E-state index is 6.36. The van der Waals surface area contributed by atoms with Gasteiger partial charge in [0.25, 0.3) is 0 Å². The first kappa shape index (κ1) is 10.9. The van der Waals surface area contributed by atoms with Crippen LogP contribution in [0.5, 0.6) is 0 Å². The highest BCUT2D eigenvalue weighted by Gasteiger charge is 2.13. The van der Waals surface area contributed by atoms with Gasteiger partial charge in [-0.05, 0) is 45.5 Å². The van der Waals surface area contributed by atoms with Crippen LogP contribution in [0, 0.1) is 3.57 Å². The van der Waals surface area contributed by atoms with Gasteiger partial charge in [0.1, 0.15) is 0 Å². The Hall–Kier alpha value is 0.420. The summed E-state index contributed by atoms with van der Waals surface area (Å²) in [5.74, 6) is 0. The first-order valence-corrected chi connectivity index (χ1v) is 7.44. The molecule has 2 rings (SSSR count). The first-order chi connectivity index (χ1) is 6.77. The van der Waals surface area contributed by atoms with E-state index >= 15 is 0 Å². The lowest BCUT2D eigenvalue weighted by Crippen LogP contribution is -1.92. The van der Waals surface area contributed by atoms with Crippen molar-refractivity contribution in [2.24, 2.45) is 0 Å². The van der Waals surface area contributed by atoms with Gasteiger partial charge in [0.2, 0.25) is 0 Å². The molecule has 0 radical (unpaired) electrons. The summed E-state index contributed by atoms with van der Waals surface area (Å²) in [6.45, 7) is 0. The van der Waals surface area contributed by atoms with Gasteiger partial charge in [-0.15, -0.1) is 34.3 Å². The summed E-state index contributed by atoms with van der Waals surface area (Å²) in [6, 6.07) is 6.33. The molecule has 1 atom stereocenters. The Morgan fingerprint density at radius 2 is 2.14 bits per heavy atom. The van der Waals surface area contributed by atoms with Gasteiger partial charge in [-0.25, -0.2) is 0 Å². The molecule has 0 fully saturated rings. The van der Waals surface area contributed by atoms with Crippen molar-refractivity contribution >= 4 is 56.9 Å². The molecule has 14 heavy (non-hydrogen) atoms. The third-order valence-electron chi connectivity index (χ3n) is 1.89. The van der Waals surface area contributed by atoms with Crippen LogP contribution in [-0.2, 0) is 6.42 Å². The second kappa shape index (κ2) is 4.96. The molecule has 0 bridgehead atoms. The Morgan fingerprint density at radius 3 is 2.71 bits per heavy atom. The lowest BCUT2D eigenvalue weighted by Gasteiger charge is -2.05. The Morgan fingerprint density at radius 1 is 1.29 bits per heavy atom. The lowest BCUT2D eigenvalue weighted by atomic mass is 10.2. The Bertz CT molecular complexity index is 394. The number of rotatable bonds is 3. The molecule has 2 aromatic heterocycles. The van der Waals surface area contributed by atoms with Crippen LogP contribution in [0.3, 0.4) is 0 Å². The van der Waals surface area contributed by atoms with Gasteiger partial charge in [-0.2, -0.15) is 0 Å². The van der Waals surface area contributed by atoms with Crippen molar-refractivity contribution in [2.75, 3.05) is 0 Å².